The Morgan fingerprint density at radius 1 is 1.22 bits per heavy atom. The monoisotopic (exact) mass is 261 g/mol. The quantitative estimate of drug-likeness (QED) is 0.797. The molecule has 0 aliphatic carbocycles. The Bertz CT molecular complexity index is 629. The molecule has 0 saturated carbocycles. The first kappa shape index (κ1) is 12.6. The molecule has 0 N–H and O–H groups in total. The molecule has 0 spiro atoms. The second-order valence-electron chi connectivity index (χ2n) is 4.10. The number of benzene rings is 1. The summed E-state index contributed by atoms with van der Waals surface area (Å²) in [6.07, 6.45) is 1.63. The average molecular weight is 262 g/mol. The number of pyridine rings is 1. The van der Waals surface area contributed by atoms with Gasteiger partial charge in [0.05, 0.1) is 6.54 Å². The van der Waals surface area contributed by atoms with E-state index in [9.17, 15) is 9.59 Å². The molecule has 0 saturated heterocycles. The summed E-state index contributed by atoms with van der Waals surface area (Å²) in [5.41, 5.74) is 1.26. The highest BCUT2D eigenvalue weighted by molar-refractivity contribution is 6.30. The van der Waals surface area contributed by atoms with Crippen LogP contribution < -0.4 is 5.56 Å². The minimum Gasteiger partial charge on any atom is -0.308 e. The van der Waals surface area contributed by atoms with E-state index >= 15 is 0 Å². The van der Waals surface area contributed by atoms with E-state index in [1.54, 1.807) is 36.5 Å². The lowest BCUT2D eigenvalue weighted by molar-refractivity contribution is 0.0971. The van der Waals surface area contributed by atoms with Crippen molar-refractivity contribution in [3.8, 4) is 0 Å². The largest absolute Gasteiger partial charge is 0.308 e. The number of carbonyl (C=O) groups excluding carboxylic acids is 1. The van der Waals surface area contributed by atoms with Gasteiger partial charge < -0.3 is 4.57 Å². The lowest BCUT2D eigenvalue weighted by Gasteiger charge is -2.05. The topological polar surface area (TPSA) is 39.1 Å². The highest BCUT2D eigenvalue weighted by Gasteiger charge is 2.07. The maximum Gasteiger partial charge on any atom is 0.251 e. The summed E-state index contributed by atoms with van der Waals surface area (Å²) in [5.74, 6) is -0.113. The summed E-state index contributed by atoms with van der Waals surface area (Å²) in [4.78, 5) is 23.6. The summed E-state index contributed by atoms with van der Waals surface area (Å²) in [6, 6.07) is 9.94. The first-order valence-electron chi connectivity index (χ1n) is 5.52. The molecule has 0 aliphatic heterocycles. The highest BCUT2D eigenvalue weighted by atomic mass is 35.5. The van der Waals surface area contributed by atoms with Crippen LogP contribution in [0.2, 0.25) is 5.02 Å². The number of hydrogen-bond acceptors (Lipinski definition) is 2. The second kappa shape index (κ2) is 5.19. The van der Waals surface area contributed by atoms with Crippen LogP contribution in [-0.4, -0.2) is 10.4 Å². The Hall–Kier alpha value is -1.87. The molecule has 2 rings (SSSR count). The van der Waals surface area contributed by atoms with E-state index in [0.29, 0.717) is 10.6 Å². The smallest absolute Gasteiger partial charge is 0.251 e. The molecule has 0 aliphatic rings. The Balaban J connectivity index is 2.21. The third-order valence-corrected chi connectivity index (χ3v) is 2.88. The van der Waals surface area contributed by atoms with Crippen LogP contribution in [0.15, 0.2) is 47.4 Å². The van der Waals surface area contributed by atoms with Crippen molar-refractivity contribution in [3.05, 3.63) is 69.1 Å². The third kappa shape index (κ3) is 2.87. The van der Waals surface area contributed by atoms with E-state index < -0.39 is 0 Å². The fourth-order valence-electron chi connectivity index (χ4n) is 1.62. The molecule has 3 nitrogen and oxygen atoms in total. The molecule has 18 heavy (non-hydrogen) atoms. The predicted molar refractivity (Wildman–Crippen MR) is 71.2 cm³/mol. The van der Waals surface area contributed by atoms with E-state index in [1.807, 2.05) is 6.92 Å². The molecule has 2 aromatic rings. The number of rotatable bonds is 3. The van der Waals surface area contributed by atoms with Crippen LogP contribution in [0.5, 0.6) is 0 Å². The number of aromatic nitrogens is 1. The molecule has 1 heterocycles. The van der Waals surface area contributed by atoms with Crippen molar-refractivity contribution in [2.75, 3.05) is 0 Å². The summed E-state index contributed by atoms with van der Waals surface area (Å²) in [5, 5.41) is 0.582. The Morgan fingerprint density at radius 2 is 1.89 bits per heavy atom. The van der Waals surface area contributed by atoms with Crippen LogP contribution in [0.1, 0.15) is 15.9 Å². The molecule has 92 valence electrons. The number of hydrogen-bond donors (Lipinski definition) is 0. The van der Waals surface area contributed by atoms with Gasteiger partial charge in [0.1, 0.15) is 0 Å². The van der Waals surface area contributed by atoms with Gasteiger partial charge in [0.25, 0.3) is 5.56 Å². The van der Waals surface area contributed by atoms with Crippen LogP contribution in [-0.2, 0) is 6.54 Å². The minimum atomic E-state index is -0.169. The summed E-state index contributed by atoms with van der Waals surface area (Å²) in [6.45, 7) is 1.88. The van der Waals surface area contributed by atoms with Gasteiger partial charge in [-0.3, -0.25) is 9.59 Å². The first-order chi connectivity index (χ1) is 8.56. The molecule has 0 atom stereocenters. The van der Waals surface area contributed by atoms with E-state index in [1.165, 1.54) is 10.6 Å². The number of carbonyl (C=O) groups is 1. The van der Waals surface area contributed by atoms with Crippen LogP contribution in [0.25, 0.3) is 0 Å². The Kier molecular flexibility index (Phi) is 3.63. The lowest BCUT2D eigenvalue weighted by Crippen LogP contribution is -2.23. The molecule has 0 amide bonds. The fourth-order valence-corrected chi connectivity index (χ4v) is 1.75. The van der Waals surface area contributed by atoms with Gasteiger partial charge in [-0.25, -0.2) is 0 Å². The maximum atomic E-state index is 12.0. The molecule has 0 bridgehead atoms. The van der Waals surface area contributed by atoms with Crippen LogP contribution >= 0.6 is 11.6 Å². The molecule has 0 fully saturated rings. The Morgan fingerprint density at radius 3 is 2.50 bits per heavy atom. The van der Waals surface area contributed by atoms with Crippen molar-refractivity contribution >= 4 is 17.4 Å². The van der Waals surface area contributed by atoms with Gasteiger partial charge in [-0.05, 0) is 42.8 Å². The second-order valence-corrected chi connectivity index (χ2v) is 4.54. The average Bonchev–Trinajstić information content (AvgIpc) is 2.33. The van der Waals surface area contributed by atoms with Crippen molar-refractivity contribution < 1.29 is 4.79 Å². The fraction of sp³-hybridized carbons (Fsp3) is 0.143. The highest BCUT2D eigenvalue weighted by Crippen LogP contribution is 2.10. The van der Waals surface area contributed by atoms with Crippen molar-refractivity contribution in [2.45, 2.75) is 13.5 Å². The predicted octanol–water partition coefficient (Wildman–Crippen LogP) is 2.69. The SMILES string of the molecule is Cc1ccn(CC(=O)c2ccc(Cl)cc2)c(=O)c1. The number of Topliss-reactive ketones (excluding diaryl/α,β-unsaturated/α-hetero) is 1. The Labute approximate surface area is 110 Å². The number of nitrogens with zero attached hydrogens (tertiary/aromatic N) is 1. The number of halogens is 1. The molecule has 4 heteroatoms. The third-order valence-electron chi connectivity index (χ3n) is 2.63. The van der Waals surface area contributed by atoms with Crippen molar-refractivity contribution in [2.24, 2.45) is 0 Å². The summed E-state index contributed by atoms with van der Waals surface area (Å²) >= 11 is 5.75. The minimum absolute atomic E-state index is 0.0424. The zero-order valence-corrected chi connectivity index (χ0v) is 10.6. The molecule has 1 aromatic carbocycles. The van der Waals surface area contributed by atoms with Crippen molar-refractivity contribution in [1.29, 1.82) is 0 Å². The molecule has 0 radical (unpaired) electrons. The molecular formula is C14H12ClNO2. The van der Waals surface area contributed by atoms with Gasteiger partial charge >= 0.3 is 0 Å². The normalized spacial score (nSPS) is 10.3. The van der Waals surface area contributed by atoms with Crippen molar-refractivity contribution in [1.82, 2.24) is 4.57 Å². The van der Waals surface area contributed by atoms with Crippen LogP contribution in [0, 0.1) is 6.92 Å². The van der Waals surface area contributed by atoms with Crippen molar-refractivity contribution in [3.63, 3.8) is 0 Å². The zero-order valence-electron chi connectivity index (χ0n) is 9.89. The van der Waals surface area contributed by atoms with Crippen LogP contribution in [0.3, 0.4) is 0 Å². The van der Waals surface area contributed by atoms with Crippen LogP contribution in [0.4, 0.5) is 0 Å². The molecule has 1 aromatic heterocycles. The van der Waals surface area contributed by atoms with E-state index in [2.05, 4.69) is 0 Å². The van der Waals surface area contributed by atoms with E-state index in [4.69, 9.17) is 11.6 Å². The first-order valence-corrected chi connectivity index (χ1v) is 5.90. The van der Waals surface area contributed by atoms with Gasteiger partial charge in [0, 0.05) is 22.8 Å². The van der Waals surface area contributed by atoms with E-state index in [-0.39, 0.29) is 17.9 Å². The summed E-state index contributed by atoms with van der Waals surface area (Å²) in [7, 11) is 0. The zero-order chi connectivity index (χ0) is 13.1. The maximum absolute atomic E-state index is 12.0. The van der Waals surface area contributed by atoms with Gasteiger partial charge in [0.15, 0.2) is 5.78 Å². The molecular weight excluding hydrogens is 250 g/mol. The van der Waals surface area contributed by atoms with Gasteiger partial charge in [-0.1, -0.05) is 11.6 Å². The van der Waals surface area contributed by atoms with Gasteiger partial charge in [-0.15, -0.1) is 0 Å². The van der Waals surface area contributed by atoms with Gasteiger partial charge in [-0.2, -0.15) is 0 Å². The number of aryl methyl sites for hydroxylation is 1. The molecule has 0 unspecified atom stereocenters. The van der Waals surface area contributed by atoms with Gasteiger partial charge in [0.2, 0.25) is 0 Å². The van der Waals surface area contributed by atoms with E-state index in [0.717, 1.165) is 5.56 Å². The standard InChI is InChI=1S/C14H12ClNO2/c1-10-6-7-16(14(18)8-10)9-13(17)11-2-4-12(15)5-3-11/h2-8H,9H2,1H3. The number of ketones is 1. The lowest BCUT2D eigenvalue weighted by atomic mass is 10.1. The summed E-state index contributed by atoms with van der Waals surface area (Å²) < 4.78 is 1.39.